The lowest BCUT2D eigenvalue weighted by atomic mass is 10.1. The van der Waals surface area contributed by atoms with E-state index in [4.69, 9.17) is 0 Å². The molecule has 0 saturated carbocycles. The Labute approximate surface area is 74.4 Å². The fourth-order valence-corrected chi connectivity index (χ4v) is 1.14. The van der Waals surface area contributed by atoms with Crippen LogP contribution in [0.1, 0.15) is 25.5 Å². The molecule has 0 aliphatic heterocycles. The Bertz CT molecular complexity index is 275. The first-order valence-corrected chi connectivity index (χ1v) is 3.98. The molecule has 5 heteroatoms. The van der Waals surface area contributed by atoms with E-state index in [0.717, 1.165) is 4.68 Å². The van der Waals surface area contributed by atoms with Gasteiger partial charge in [0.25, 0.3) is 0 Å². The van der Waals surface area contributed by atoms with Gasteiger partial charge in [-0.3, -0.25) is 4.68 Å². The van der Waals surface area contributed by atoms with Crippen molar-refractivity contribution in [2.75, 3.05) is 0 Å². The first-order chi connectivity index (χ1) is 5.90. The molecule has 0 fully saturated rings. The minimum atomic E-state index is -4.20. The van der Waals surface area contributed by atoms with Crippen molar-refractivity contribution in [1.82, 2.24) is 9.78 Å². The molecule has 0 aliphatic carbocycles. The Kier molecular flexibility index (Phi) is 2.63. The van der Waals surface area contributed by atoms with Crippen molar-refractivity contribution >= 4 is 0 Å². The van der Waals surface area contributed by atoms with Gasteiger partial charge in [0.2, 0.25) is 0 Å². The molecule has 2 nitrogen and oxygen atoms in total. The molecular weight excluding hydrogens is 181 g/mol. The van der Waals surface area contributed by atoms with Gasteiger partial charge < -0.3 is 0 Å². The Morgan fingerprint density at radius 1 is 1.46 bits per heavy atom. The van der Waals surface area contributed by atoms with Crippen molar-refractivity contribution in [2.24, 2.45) is 0 Å². The van der Waals surface area contributed by atoms with Gasteiger partial charge in [-0.15, -0.1) is 0 Å². The minimum absolute atomic E-state index is 0.0600. The molecule has 0 saturated heterocycles. The summed E-state index contributed by atoms with van der Waals surface area (Å²) in [5, 5.41) is 3.62. The molecule has 13 heavy (non-hydrogen) atoms. The SMILES string of the molecule is CC(C)c1ccnn1CC(F)(F)F. The second-order valence-corrected chi connectivity index (χ2v) is 3.18. The topological polar surface area (TPSA) is 17.8 Å². The van der Waals surface area contributed by atoms with Crippen molar-refractivity contribution in [3.8, 4) is 0 Å². The monoisotopic (exact) mass is 192 g/mol. The predicted molar refractivity (Wildman–Crippen MR) is 42.4 cm³/mol. The van der Waals surface area contributed by atoms with Gasteiger partial charge in [0, 0.05) is 11.9 Å². The van der Waals surface area contributed by atoms with Gasteiger partial charge >= 0.3 is 6.18 Å². The van der Waals surface area contributed by atoms with E-state index < -0.39 is 12.7 Å². The molecular formula is C8H11F3N2. The normalized spacial score (nSPS) is 12.5. The van der Waals surface area contributed by atoms with Crippen molar-refractivity contribution in [3.05, 3.63) is 18.0 Å². The third-order valence-electron chi connectivity index (χ3n) is 1.67. The van der Waals surface area contributed by atoms with Crippen LogP contribution in [0.4, 0.5) is 13.2 Å². The van der Waals surface area contributed by atoms with Crippen LogP contribution in [0.3, 0.4) is 0 Å². The van der Waals surface area contributed by atoms with E-state index in [1.807, 2.05) is 13.8 Å². The summed E-state index contributed by atoms with van der Waals surface area (Å²) in [6, 6.07) is 1.61. The quantitative estimate of drug-likeness (QED) is 0.704. The van der Waals surface area contributed by atoms with E-state index >= 15 is 0 Å². The van der Waals surface area contributed by atoms with Gasteiger partial charge in [-0.1, -0.05) is 13.8 Å². The largest absolute Gasteiger partial charge is 0.408 e. The molecule has 0 aromatic carbocycles. The number of aromatic nitrogens is 2. The second kappa shape index (κ2) is 3.40. The van der Waals surface area contributed by atoms with E-state index in [1.165, 1.54) is 6.20 Å². The average molecular weight is 192 g/mol. The van der Waals surface area contributed by atoms with Gasteiger partial charge in [-0.05, 0) is 12.0 Å². The van der Waals surface area contributed by atoms with Crippen LogP contribution in [0.2, 0.25) is 0 Å². The van der Waals surface area contributed by atoms with E-state index in [1.54, 1.807) is 6.07 Å². The molecule has 0 radical (unpaired) electrons. The lowest BCUT2D eigenvalue weighted by Crippen LogP contribution is -2.20. The fourth-order valence-electron chi connectivity index (χ4n) is 1.14. The smallest absolute Gasteiger partial charge is 0.260 e. The zero-order valence-electron chi connectivity index (χ0n) is 7.47. The number of hydrogen-bond acceptors (Lipinski definition) is 1. The third-order valence-corrected chi connectivity index (χ3v) is 1.67. The lowest BCUT2D eigenvalue weighted by Gasteiger charge is -2.11. The van der Waals surface area contributed by atoms with Gasteiger partial charge in [-0.25, -0.2) is 0 Å². The molecule has 1 rings (SSSR count). The van der Waals surface area contributed by atoms with Gasteiger partial charge in [0.05, 0.1) is 0 Å². The van der Waals surface area contributed by atoms with Crippen LogP contribution in [0.25, 0.3) is 0 Å². The molecule has 0 unspecified atom stereocenters. The Balaban J connectivity index is 2.83. The Hall–Kier alpha value is -1.00. The zero-order chi connectivity index (χ0) is 10.1. The highest BCUT2D eigenvalue weighted by molar-refractivity contribution is 5.05. The number of alkyl halides is 3. The summed E-state index contributed by atoms with van der Waals surface area (Å²) in [4.78, 5) is 0. The summed E-state index contributed by atoms with van der Waals surface area (Å²) < 4.78 is 37.0. The first-order valence-electron chi connectivity index (χ1n) is 3.98. The predicted octanol–water partition coefficient (Wildman–Crippen LogP) is 2.57. The van der Waals surface area contributed by atoms with Gasteiger partial charge in [0.15, 0.2) is 0 Å². The molecule has 0 bridgehead atoms. The number of hydrogen-bond donors (Lipinski definition) is 0. The molecule has 0 N–H and O–H groups in total. The molecule has 1 aromatic rings. The van der Waals surface area contributed by atoms with Gasteiger partial charge in [-0.2, -0.15) is 18.3 Å². The average Bonchev–Trinajstić information content (AvgIpc) is 2.31. The summed E-state index contributed by atoms with van der Waals surface area (Å²) in [5.41, 5.74) is 0.609. The summed E-state index contributed by atoms with van der Waals surface area (Å²) in [6.45, 7) is 2.67. The zero-order valence-corrected chi connectivity index (χ0v) is 7.47. The number of rotatable bonds is 2. The van der Waals surface area contributed by atoms with Crippen LogP contribution in [0.15, 0.2) is 12.3 Å². The molecule has 0 aliphatic rings. The lowest BCUT2D eigenvalue weighted by molar-refractivity contribution is -0.143. The summed E-state index contributed by atoms with van der Waals surface area (Å²) >= 11 is 0. The maximum atomic E-state index is 12.0. The summed E-state index contributed by atoms with van der Waals surface area (Å²) in [7, 11) is 0. The standard InChI is InChI=1S/C8H11F3N2/c1-6(2)7-3-4-12-13(7)5-8(9,10)11/h3-4,6H,5H2,1-2H3. The molecule has 0 amide bonds. The van der Waals surface area contributed by atoms with E-state index in [-0.39, 0.29) is 5.92 Å². The van der Waals surface area contributed by atoms with Crippen LogP contribution >= 0.6 is 0 Å². The molecule has 74 valence electrons. The van der Waals surface area contributed by atoms with Crippen LogP contribution in [-0.4, -0.2) is 16.0 Å². The van der Waals surface area contributed by atoms with Crippen LogP contribution < -0.4 is 0 Å². The maximum Gasteiger partial charge on any atom is 0.408 e. The summed E-state index contributed by atoms with van der Waals surface area (Å²) in [5.74, 6) is 0.0600. The Morgan fingerprint density at radius 2 is 2.08 bits per heavy atom. The Morgan fingerprint density at radius 3 is 2.54 bits per heavy atom. The fraction of sp³-hybridized carbons (Fsp3) is 0.625. The molecule has 0 atom stereocenters. The molecule has 1 heterocycles. The van der Waals surface area contributed by atoms with Crippen molar-refractivity contribution in [1.29, 1.82) is 0 Å². The second-order valence-electron chi connectivity index (χ2n) is 3.18. The van der Waals surface area contributed by atoms with E-state index in [9.17, 15) is 13.2 Å². The minimum Gasteiger partial charge on any atom is -0.260 e. The van der Waals surface area contributed by atoms with Crippen LogP contribution in [0.5, 0.6) is 0 Å². The molecule has 0 spiro atoms. The van der Waals surface area contributed by atoms with Crippen molar-refractivity contribution < 1.29 is 13.2 Å². The summed E-state index contributed by atoms with van der Waals surface area (Å²) in [6.07, 6.45) is -2.81. The highest BCUT2D eigenvalue weighted by Gasteiger charge is 2.29. The maximum absolute atomic E-state index is 12.0. The highest BCUT2D eigenvalue weighted by Crippen LogP contribution is 2.20. The highest BCUT2D eigenvalue weighted by atomic mass is 19.4. The van der Waals surface area contributed by atoms with Crippen LogP contribution in [-0.2, 0) is 6.54 Å². The number of halogens is 3. The third kappa shape index (κ3) is 2.75. The first kappa shape index (κ1) is 10.1. The van der Waals surface area contributed by atoms with Gasteiger partial charge in [0.1, 0.15) is 6.54 Å². The van der Waals surface area contributed by atoms with Crippen molar-refractivity contribution in [3.63, 3.8) is 0 Å². The number of nitrogens with zero attached hydrogens (tertiary/aromatic N) is 2. The van der Waals surface area contributed by atoms with E-state index in [2.05, 4.69) is 5.10 Å². The van der Waals surface area contributed by atoms with Crippen molar-refractivity contribution in [2.45, 2.75) is 32.5 Å². The molecule has 1 aromatic heterocycles. The van der Waals surface area contributed by atoms with Crippen LogP contribution in [0, 0.1) is 0 Å². The van der Waals surface area contributed by atoms with E-state index in [0.29, 0.717) is 5.69 Å².